The topological polar surface area (TPSA) is 61.4 Å². The molecule has 2 fully saturated rings. The van der Waals surface area contributed by atoms with Crippen molar-refractivity contribution in [2.45, 2.75) is 51.6 Å². The van der Waals surface area contributed by atoms with Gasteiger partial charge in [-0.1, -0.05) is 13.3 Å². The molecule has 3 unspecified atom stereocenters. The Labute approximate surface area is 110 Å². The van der Waals surface area contributed by atoms with E-state index in [4.69, 9.17) is 0 Å². The van der Waals surface area contributed by atoms with E-state index in [0.29, 0.717) is 12.5 Å². The van der Waals surface area contributed by atoms with Crippen LogP contribution in [-0.2, 0) is 10.2 Å². The predicted octanol–water partition coefficient (Wildman–Crippen LogP) is 0.693. The van der Waals surface area contributed by atoms with Crippen molar-refractivity contribution in [1.29, 1.82) is 0 Å². The highest BCUT2D eigenvalue weighted by Crippen LogP contribution is 2.20. The lowest BCUT2D eigenvalue weighted by Gasteiger charge is -2.36. The van der Waals surface area contributed by atoms with Gasteiger partial charge in [0.05, 0.1) is 0 Å². The van der Waals surface area contributed by atoms with Gasteiger partial charge in [0, 0.05) is 25.2 Å². The van der Waals surface area contributed by atoms with Crippen molar-refractivity contribution in [1.82, 2.24) is 14.3 Å². The second-order valence-electron chi connectivity index (χ2n) is 5.65. The molecule has 2 heterocycles. The van der Waals surface area contributed by atoms with Crippen LogP contribution in [0, 0.1) is 5.92 Å². The molecule has 2 rings (SSSR count). The monoisotopic (exact) mass is 275 g/mol. The zero-order valence-electron chi connectivity index (χ0n) is 11.4. The van der Waals surface area contributed by atoms with Crippen molar-refractivity contribution in [3.63, 3.8) is 0 Å². The Kier molecular flexibility index (Phi) is 4.64. The lowest BCUT2D eigenvalue weighted by molar-refractivity contribution is 0.255. The lowest BCUT2D eigenvalue weighted by Crippen LogP contribution is -2.56. The number of hydrogen-bond donors (Lipinski definition) is 2. The van der Waals surface area contributed by atoms with E-state index in [-0.39, 0.29) is 12.1 Å². The first-order chi connectivity index (χ1) is 8.50. The molecule has 0 saturated carbocycles. The van der Waals surface area contributed by atoms with Gasteiger partial charge in [0.2, 0.25) is 0 Å². The summed E-state index contributed by atoms with van der Waals surface area (Å²) >= 11 is 0. The van der Waals surface area contributed by atoms with Crippen LogP contribution in [0.1, 0.15) is 39.5 Å². The second kappa shape index (κ2) is 5.86. The Balaban J connectivity index is 2.01. The fourth-order valence-corrected chi connectivity index (χ4v) is 4.62. The highest BCUT2D eigenvalue weighted by Gasteiger charge is 2.33. The van der Waals surface area contributed by atoms with Gasteiger partial charge in [0.1, 0.15) is 0 Å². The van der Waals surface area contributed by atoms with Crippen molar-refractivity contribution in [2.24, 2.45) is 5.92 Å². The highest BCUT2D eigenvalue weighted by molar-refractivity contribution is 7.87. The molecule has 18 heavy (non-hydrogen) atoms. The molecule has 5 nitrogen and oxygen atoms in total. The van der Waals surface area contributed by atoms with Gasteiger partial charge in [-0.25, -0.2) is 0 Å². The molecule has 0 bridgehead atoms. The Morgan fingerprint density at radius 3 is 2.67 bits per heavy atom. The molecule has 3 atom stereocenters. The molecule has 2 saturated heterocycles. The van der Waals surface area contributed by atoms with Gasteiger partial charge in [0.25, 0.3) is 10.2 Å². The molecule has 2 N–H and O–H groups in total. The number of rotatable bonds is 3. The average molecular weight is 275 g/mol. The van der Waals surface area contributed by atoms with Crippen molar-refractivity contribution in [3.8, 4) is 0 Å². The molecule has 0 aliphatic carbocycles. The minimum Gasteiger partial charge on any atom is -0.315 e. The summed E-state index contributed by atoms with van der Waals surface area (Å²) in [4.78, 5) is 0. The number of piperidine rings is 2. The summed E-state index contributed by atoms with van der Waals surface area (Å²) in [7, 11) is -3.32. The minimum absolute atomic E-state index is 0.0258. The molecule has 0 radical (unpaired) electrons. The molecule has 2 aliphatic rings. The fourth-order valence-electron chi connectivity index (χ4n) is 2.84. The summed E-state index contributed by atoms with van der Waals surface area (Å²) in [5.41, 5.74) is 0. The first-order valence-electron chi connectivity index (χ1n) is 7.00. The maximum absolute atomic E-state index is 12.4. The first-order valence-corrected chi connectivity index (χ1v) is 8.44. The molecule has 6 heteroatoms. The van der Waals surface area contributed by atoms with Crippen LogP contribution in [0.4, 0.5) is 0 Å². The summed E-state index contributed by atoms with van der Waals surface area (Å²) in [6.45, 7) is 6.50. The van der Waals surface area contributed by atoms with Crippen LogP contribution in [0.3, 0.4) is 0 Å². The molecular formula is C12H25N3O2S. The second-order valence-corrected chi connectivity index (χ2v) is 7.31. The number of hydrogen-bond acceptors (Lipinski definition) is 3. The normalized spacial score (nSPS) is 35.6. The largest absolute Gasteiger partial charge is 0.315 e. The molecule has 106 valence electrons. The summed E-state index contributed by atoms with van der Waals surface area (Å²) in [5, 5.41) is 3.26. The van der Waals surface area contributed by atoms with E-state index in [1.807, 2.05) is 6.92 Å². The quantitative estimate of drug-likeness (QED) is 0.797. The maximum atomic E-state index is 12.4. The highest BCUT2D eigenvalue weighted by atomic mass is 32.2. The Hall–Kier alpha value is -0.170. The van der Waals surface area contributed by atoms with Crippen molar-refractivity contribution < 1.29 is 8.42 Å². The van der Waals surface area contributed by atoms with Gasteiger partial charge < -0.3 is 5.32 Å². The smallest absolute Gasteiger partial charge is 0.279 e. The Bertz CT molecular complexity index is 372. The van der Waals surface area contributed by atoms with Crippen LogP contribution in [0.15, 0.2) is 0 Å². The third-order valence-electron chi connectivity index (χ3n) is 4.18. The summed E-state index contributed by atoms with van der Waals surface area (Å²) < 4.78 is 29.3. The van der Waals surface area contributed by atoms with Crippen molar-refractivity contribution in [3.05, 3.63) is 0 Å². The van der Waals surface area contributed by atoms with E-state index in [9.17, 15) is 8.42 Å². The molecule has 0 aromatic carbocycles. The van der Waals surface area contributed by atoms with Crippen molar-refractivity contribution >= 4 is 10.2 Å². The van der Waals surface area contributed by atoms with Crippen molar-refractivity contribution in [2.75, 3.05) is 19.6 Å². The summed E-state index contributed by atoms with van der Waals surface area (Å²) in [6, 6.07) is 0.154. The SMILES string of the molecule is CC1CCNCC1NS(=O)(=O)N1CCCCC1C. The van der Waals surface area contributed by atoms with Crippen LogP contribution >= 0.6 is 0 Å². The Morgan fingerprint density at radius 2 is 2.00 bits per heavy atom. The summed E-state index contributed by atoms with van der Waals surface area (Å²) in [6.07, 6.45) is 4.11. The number of nitrogens with zero attached hydrogens (tertiary/aromatic N) is 1. The molecule has 0 aromatic heterocycles. The van der Waals surface area contributed by atoms with E-state index in [1.165, 1.54) is 0 Å². The van der Waals surface area contributed by atoms with Crippen LogP contribution in [0.25, 0.3) is 0 Å². The Morgan fingerprint density at radius 1 is 1.22 bits per heavy atom. The van der Waals surface area contributed by atoms with Gasteiger partial charge in [-0.05, 0) is 38.6 Å². The lowest BCUT2D eigenvalue weighted by atomic mass is 9.96. The molecule has 0 aromatic rings. The first kappa shape index (κ1) is 14.2. The van der Waals surface area contributed by atoms with E-state index >= 15 is 0 Å². The zero-order chi connectivity index (χ0) is 13.2. The third kappa shape index (κ3) is 3.23. The van der Waals surface area contributed by atoms with E-state index in [2.05, 4.69) is 17.0 Å². The van der Waals surface area contributed by atoms with E-state index in [0.717, 1.165) is 38.8 Å². The fraction of sp³-hybridized carbons (Fsp3) is 1.00. The standard InChI is InChI=1S/C12H25N3O2S/c1-10-6-7-13-9-12(10)14-18(16,17)15-8-4-3-5-11(15)2/h10-14H,3-9H2,1-2H3. The van der Waals surface area contributed by atoms with Crippen LogP contribution in [-0.4, -0.2) is 44.4 Å². The predicted molar refractivity (Wildman–Crippen MR) is 72.5 cm³/mol. The van der Waals surface area contributed by atoms with E-state index < -0.39 is 10.2 Å². The summed E-state index contributed by atoms with van der Waals surface area (Å²) in [5.74, 6) is 0.404. The molecule has 0 amide bonds. The van der Waals surface area contributed by atoms with Gasteiger partial charge >= 0.3 is 0 Å². The van der Waals surface area contributed by atoms with E-state index in [1.54, 1.807) is 4.31 Å². The van der Waals surface area contributed by atoms with Gasteiger partial charge in [-0.2, -0.15) is 17.4 Å². The van der Waals surface area contributed by atoms with Gasteiger partial charge in [0.15, 0.2) is 0 Å². The van der Waals surface area contributed by atoms with Gasteiger partial charge in [-0.3, -0.25) is 0 Å². The number of nitrogens with one attached hydrogen (secondary N) is 2. The maximum Gasteiger partial charge on any atom is 0.279 e. The molecule has 2 aliphatic heterocycles. The average Bonchev–Trinajstić information content (AvgIpc) is 2.32. The minimum atomic E-state index is -3.32. The molecule has 0 spiro atoms. The molecular weight excluding hydrogens is 250 g/mol. The van der Waals surface area contributed by atoms with Crippen LogP contribution < -0.4 is 10.0 Å². The van der Waals surface area contributed by atoms with Crippen LogP contribution in [0.5, 0.6) is 0 Å². The van der Waals surface area contributed by atoms with Crippen LogP contribution in [0.2, 0.25) is 0 Å². The third-order valence-corrected chi connectivity index (χ3v) is 5.94. The zero-order valence-corrected chi connectivity index (χ0v) is 12.2. The van der Waals surface area contributed by atoms with Gasteiger partial charge in [-0.15, -0.1) is 0 Å².